The third kappa shape index (κ3) is 3.23. The molecule has 21 heavy (non-hydrogen) atoms. The standard InChI is InChI=1S/C17H19N3O/c1-19(2)10-11-21-15-7-5-6-14(12-15)16-13-20-9-4-3-8-17(20)18-16/h3-9,12-13H,10-11H2,1-2H3. The third-order valence-corrected chi connectivity index (χ3v) is 3.30. The zero-order valence-electron chi connectivity index (χ0n) is 12.4. The molecule has 0 spiro atoms. The first kappa shape index (κ1) is 13.6. The normalized spacial score (nSPS) is 11.2. The van der Waals surface area contributed by atoms with Gasteiger partial charge in [-0.2, -0.15) is 0 Å². The zero-order valence-corrected chi connectivity index (χ0v) is 12.4. The highest BCUT2D eigenvalue weighted by Crippen LogP contribution is 2.23. The SMILES string of the molecule is CN(C)CCOc1cccc(-c2cn3ccccc3n2)c1. The Morgan fingerprint density at radius 1 is 1.14 bits per heavy atom. The number of hydrogen-bond acceptors (Lipinski definition) is 3. The van der Waals surface area contributed by atoms with E-state index in [-0.39, 0.29) is 0 Å². The lowest BCUT2D eigenvalue weighted by Crippen LogP contribution is -2.19. The van der Waals surface area contributed by atoms with Crippen molar-refractivity contribution in [3.63, 3.8) is 0 Å². The molecule has 3 aromatic rings. The second kappa shape index (κ2) is 5.97. The van der Waals surface area contributed by atoms with E-state index in [1.807, 2.05) is 67.3 Å². The molecule has 1 aromatic carbocycles. The fourth-order valence-electron chi connectivity index (χ4n) is 2.17. The number of hydrogen-bond donors (Lipinski definition) is 0. The molecule has 0 amide bonds. The van der Waals surface area contributed by atoms with E-state index in [1.165, 1.54) is 0 Å². The van der Waals surface area contributed by atoms with Crippen LogP contribution in [-0.2, 0) is 0 Å². The molecule has 0 radical (unpaired) electrons. The van der Waals surface area contributed by atoms with Gasteiger partial charge in [0.25, 0.3) is 0 Å². The number of pyridine rings is 1. The third-order valence-electron chi connectivity index (χ3n) is 3.30. The number of benzene rings is 1. The van der Waals surface area contributed by atoms with Gasteiger partial charge >= 0.3 is 0 Å². The molecule has 0 aliphatic carbocycles. The maximum absolute atomic E-state index is 5.78. The minimum absolute atomic E-state index is 0.682. The summed E-state index contributed by atoms with van der Waals surface area (Å²) in [6.45, 7) is 1.58. The highest BCUT2D eigenvalue weighted by Gasteiger charge is 2.05. The molecule has 2 heterocycles. The van der Waals surface area contributed by atoms with Crippen molar-refractivity contribution in [2.75, 3.05) is 27.2 Å². The van der Waals surface area contributed by atoms with Crippen molar-refractivity contribution in [1.82, 2.24) is 14.3 Å². The molecule has 4 nitrogen and oxygen atoms in total. The Balaban J connectivity index is 1.81. The second-order valence-corrected chi connectivity index (χ2v) is 5.27. The molecule has 108 valence electrons. The summed E-state index contributed by atoms with van der Waals surface area (Å²) in [6.07, 6.45) is 4.04. The molecule has 0 saturated heterocycles. The number of fused-ring (bicyclic) bond motifs is 1. The predicted molar refractivity (Wildman–Crippen MR) is 84.7 cm³/mol. The fraction of sp³-hybridized carbons (Fsp3) is 0.235. The molecule has 0 unspecified atom stereocenters. The van der Waals surface area contributed by atoms with Crippen molar-refractivity contribution in [3.05, 3.63) is 54.9 Å². The summed E-state index contributed by atoms with van der Waals surface area (Å²) in [4.78, 5) is 6.73. The highest BCUT2D eigenvalue weighted by atomic mass is 16.5. The average Bonchev–Trinajstić information content (AvgIpc) is 2.91. The summed E-state index contributed by atoms with van der Waals surface area (Å²) in [5.41, 5.74) is 2.98. The summed E-state index contributed by atoms with van der Waals surface area (Å²) in [5.74, 6) is 0.881. The van der Waals surface area contributed by atoms with Crippen LogP contribution in [-0.4, -0.2) is 41.5 Å². The average molecular weight is 281 g/mol. The Labute approximate surface area is 124 Å². The van der Waals surface area contributed by atoms with Crippen LogP contribution in [0.5, 0.6) is 5.75 Å². The maximum Gasteiger partial charge on any atom is 0.137 e. The smallest absolute Gasteiger partial charge is 0.137 e. The summed E-state index contributed by atoms with van der Waals surface area (Å²) >= 11 is 0. The first-order valence-corrected chi connectivity index (χ1v) is 7.04. The number of ether oxygens (including phenoxy) is 1. The molecule has 0 fully saturated rings. The van der Waals surface area contributed by atoms with Crippen LogP contribution in [0.2, 0.25) is 0 Å². The predicted octanol–water partition coefficient (Wildman–Crippen LogP) is 2.94. The van der Waals surface area contributed by atoms with Crippen molar-refractivity contribution in [1.29, 1.82) is 0 Å². The molecule has 2 aromatic heterocycles. The summed E-state index contributed by atoms with van der Waals surface area (Å²) in [5, 5.41) is 0. The van der Waals surface area contributed by atoms with Crippen LogP contribution < -0.4 is 4.74 Å². The van der Waals surface area contributed by atoms with Gasteiger partial charge in [-0.05, 0) is 38.4 Å². The molecule has 0 N–H and O–H groups in total. The largest absolute Gasteiger partial charge is 0.492 e. The Morgan fingerprint density at radius 2 is 2.05 bits per heavy atom. The molecule has 4 heteroatoms. The number of imidazole rings is 1. The van der Waals surface area contributed by atoms with Crippen molar-refractivity contribution >= 4 is 5.65 Å². The summed E-state index contributed by atoms with van der Waals surface area (Å²) in [7, 11) is 4.08. The lowest BCUT2D eigenvalue weighted by atomic mass is 10.1. The quantitative estimate of drug-likeness (QED) is 0.720. The van der Waals surface area contributed by atoms with Crippen molar-refractivity contribution < 1.29 is 4.74 Å². The van der Waals surface area contributed by atoms with Crippen LogP contribution in [0.3, 0.4) is 0 Å². The van der Waals surface area contributed by atoms with Gasteiger partial charge < -0.3 is 14.0 Å². The number of aromatic nitrogens is 2. The Morgan fingerprint density at radius 3 is 2.86 bits per heavy atom. The first-order valence-electron chi connectivity index (χ1n) is 7.04. The highest BCUT2D eigenvalue weighted by molar-refractivity contribution is 5.64. The monoisotopic (exact) mass is 281 g/mol. The van der Waals surface area contributed by atoms with Crippen LogP contribution in [0, 0.1) is 0 Å². The summed E-state index contributed by atoms with van der Waals surface area (Å²) < 4.78 is 7.80. The second-order valence-electron chi connectivity index (χ2n) is 5.27. The van der Waals surface area contributed by atoms with Gasteiger partial charge in [0.05, 0.1) is 5.69 Å². The molecule has 0 aliphatic heterocycles. The van der Waals surface area contributed by atoms with Crippen molar-refractivity contribution in [3.8, 4) is 17.0 Å². The Hall–Kier alpha value is -2.33. The van der Waals surface area contributed by atoms with Gasteiger partial charge in [-0.25, -0.2) is 4.98 Å². The van der Waals surface area contributed by atoms with Gasteiger partial charge in [0.1, 0.15) is 18.0 Å². The molecule has 0 atom stereocenters. The van der Waals surface area contributed by atoms with Gasteiger partial charge in [-0.15, -0.1) is 0 Å². The van der Waals surface area contributed by atoms with E-state index in [4.69, 9.17) is 4.74 Å². The van der Waals surface area contributed by atoms with Crippen LogP contribution in [0.1, 0.15) is 0 Å². The van der Waals surface area contributed by atoms with E-state index in [0.29, 0.717) is 6.61 Å². The van der Waals surface area contributed by atoms with Gasteiger partial charge in [0, 0.05) is 24.5 Å². The van der Waals surface area contributed by atoms with Crippen LogP contribution in [0.15, 0.2) is 54.9 Å². The fourth-order valence-corrected chi connectivity index (χ4v) is 2.17. The van der Waals surface area contributed by atoms with Crippen molar-refractivity contribution in [2.24, 2.45) is 0 Å². The van der Waals surface area contributed by atoms with E-state index >= 15 is 0 Å². The number of rotatable bonds is 5. The number of likely N-dealkylation sites (N-methyl/N-ethyl adjacent to an activating group) is 1. The van der Waals surface area contributed by atoms with Crippen LogP contribution in [0.25, 0.3) is 16.9 Å². The zero-order chi connectivity index (χ0) is 14.7. The molecule has 0 bridgehead atoms. The first-order chi connectivity index (χ1) is 10.2. The molecular weight excluding hydrogens is 262 g/mol. The Bertz CT molecular complexity index is 700. The van der Waals surface area contributed by atoms with Gasteiger partial charge in [0.2, 0.25) is 0 Å². The van der Waals surface area contributed by atoms with Gasteiger partial charge in [-0.1, -0.05) is 18.2 Å². The maximum atomic E-state index is 5.78. The van der Waals surface area contributed by atoms with Crippen LogP contribution >= 0.6 is 0 Å². The minimum atomic E-state index is 0.682. The molecular formula is C17H19N3O. The molecule has 3 rings (SSSR count). The van der Waals surface area contributed by atoms with E-state index in [9.17, 15) is 0 Å². The van der Waals surface area contributed by atoms with Gasteiger partial charge in [-0.3, -0.25) is 0 Å². The lowest BCUT2D eigenvalue weighted by molar-refractivity contribution is 0.261. The summed E-state index contributed by atoms with van der Waals surface area (Å²) in [6, 6.07) is 14.1. The molecule has 0 saturated carbocycles. The lowest BCUT2D eigenvalue weighted by Gasteiger charge is -2.11. The Kier molecular flexibility index (Phi) is 3.88. The number of nitrogens with zero attached hydrogens (tertiary/aromatic N) is 3. The van der Waals surface area contributed by atoms with E-state index in [0.717, 1.165) is 29.2 Å². The van der Waals surface area contributed by atoms with E-state index < -0.39 is 0 Å². The minimum Gasteiger partial charge on any atom is -0.492 e. The van der Waals surface area contributed by atoms with Crippen molar-refractivity contribution in [2.45, 2.75) is 0 Å². The topological polar surface area (TPSA) is 29.8 Å². The molecule has 0 aliphatic rings. The van der Waals surface area contributed by atoms with E-state index in [1.54, 1.807) is 0 Å². The van der Waals surface area contributed by atoms with Gasteiger partial charge in [0.15, 0.2) is 0 Å². The van der Waals surface area contributed by atoms with E-state index in [2.05, 4.69) is 16.0 Å². The van der Waals surface area contributed by atoms with Crippen LogP contribution in [0.4, 0.5) is 0 Å².